The first-order valence-electron chi connectivity index (χ1n) is 9.50. The monoisotopic (exact) mass is 391 g/mol. The molecule has 1 N–H and O–H groups in total. The van der Waals surface area contributed by atoms with Crippen molar-refractivity contribution in [2.24, 2.45) is 11.8 Å². The van der Waals surface area contributed by atoms with E-state index in [2.05, 4.69) is 28.5 Å². The molecule has 0 bridgehead atoms. The van der Waals surface area contributed by atoms with E-state index in [4.69, 9.17) is 4.42 Å². The molecule has 1 saturated heterocycles. The molecule has 1 aromatic carbocycles. The van der Waals surface area contributed by atoms with Gasteiger partial charge >= 0.3 is 0 Å². The third-order valence-corrected chi connectivity index (χ3v) is 6.52. The van der Waals surface area contributed by atoms with E-state index in [1.807, 2.05) is 6.92 Å². The largest absolute Gasteiger partial charge is 0.449 e. The van der Waals surface area contributed by atoms with Gasteiger partial charge in [0, 0.05) is 38.2 Å². The number of aryl methyl sites for hydroxylation is 1. The molecule has 0 spiro atoms. The first-order valence-corrected chi connectivity index (χ1v) is 11.0. The van der Waals surface area contributed by atoms with Gasteiger partial charge in [-0.1, -0.05) is 26.0 Å². The summed E-state index contributed by atoms with van der Waals surface area (Å²) >= 11 is 0. The van der Waals surface area contributed by atoms with Gasteiger partial charge in [-0.2, -0.15) is 0 Å². The minimum Gasteiger partial charge on any atom is -0.449 e. The van der Waals surface area contributed by atoms with E-state index in [1.54, 1.807) is 37.5 Å². The summed E-state index contributed by atoms with van der Waals surface area (Å²) in [7, 11) is -3.55. The molecule has 3 atom stereocenters. The van der Waals surface area contributed by atoms with Crippen LogP contribution in [0.4, 0.5) is 0 Å². The van der Waals surface area contributed by atoms with Gasteiger partial charge in [0.1, 0.15) is 12.0 Å². The summed E-state index contributed by atoms with van der Waals surface area (Å²) in [5.74, 6) is 1.90. The van der Waals surface area contributed by atoms with Gasteiger partial charge in [0.15, 0.2) is 5.89 Å². The van der Waals surface area contributed by atoms with Crippen LogP contribution in [-0.2, 0) is 10.0 Å². The van der Waals surface area contributed by atoms with Crippen LogP contribution < -0.4 is 4.72 Å². The van der Waals surface area contributed by atoms with Crippen molar-refractivity contribution >= 4 is 10.0 Å². The molecular formula is C20H29N3O3S. The number of benzene rings is 1. The lowest BCUT2D eigenvalue weighted by atomic mass is 9.92. The Bertz CT molecular complexity index is 851. The van der Waals surface area contributed by atoms with Gasteiger partial charge in [-0.15, -0.1) is 0 Å². The molecule has 1 aliphatic rings. The van der Waals surface area contributed by atoms with Crippen LogP contribution in [0.2, 0.25) is 0 Å². The lowest BCUT2D eigenvalue weighted by molar-refractivity contribution is 0.134. The van der Waals surface area contributed by atoms with E-state index >= 15 is 0 Å². The van der Waals surface area contributed by atoms with Crippen molar-refractivity contribution in [2.75, 3.05) is 19.6 Å². The number of aromatic nitrogens is 1. The maximum Gasteiger partial charge on any atom is 0.240 e. The van der Waals surface area contributed by atoms with Crippen LogP contribution in [0.3, 0.4) is 0 Å². The zero-order chi connectivity index (χ0) is 19.6. The van der Waals surface area contributed by atoms with Crippen LogP contribution in [0.15, 0.2) is 39.8 Å². The Balaban J connectivity index is 1.63. The molecule has 0 amide bonds. The van der Waals surface area contributed by atoms with Crippen LogP contribution >= 0.6 is 0 Å². The lowest BCUT2D eigenvalue weighted by Gasteiger charge is -2.36. The predicted octanol–water partition coefficient (Wildman–Crippen LogP) is 3.29. The molecule has 0 saturated carbocycles. The van der Waals surface area contributed by atoms with E-state index in [-0.39, 0.29) is 10.9 Å². The number of nitrogens with one attached hydrogen (secondary N) is 1. The summed E-state index contributed by atoms with van der Waals surface area (Å²) in [6.45, 7) is 11.0. The Morgan fingerprint density at radius 1 is 1.22 bits per heavy atom. The van der Waals surface area contributed by atoms with Crippen LogP contribution in [0.5, 0.6) is 0 Å². The highest BCUT2D eigenvalue weighted by atomic mass is 32.2. The first kappa shape index (κ1) is 20.0. The second kappa shape index (κ2) is 8.12. The summed E-state index contributed by atoms with van der Waals surface area (Å²) in [5.41, 5.74) is 1.53. The zero-order valence-electron chi connectivity index (χ0n) is 16.5. The molecule has 2 heterocycles. The fourth-order valence-corrected chi connectivity index (χ4v) is 5.23. The average molecular weight is 392 g/mol. The SMILES string of the molecule is Cc1nc(-c2ccc(S(=O)(=O)N[C@@H](C)CN3C[C@H](C)C[C@H](C)C3)cc2)co1. The van der Waals surface area contributed by atoms with Crippen LogP contribution in [0.1, 0.15) is 33.1 Å². The highest BCUT2D eigenvalue weighted by molar-refractivity contribution is 7.89. The average Bonchev–Trinajstić information content (AvgIpc) is 3.00. The number of sulfonamides is 1. The third kappa shape index (κ3) is 5.18. The Labute approximate surface area is 162 Å². The second-order valence-corrected chi connectivity index (χ2v) is 9.68. The Morgan fingerprint density at radius 2 is 1.85 bits per heavy atom. The molecular weight excluding hydrogens is 362 g/mol. The number of rotatable bonds is 6. The number of hydrogen-bond acceptors (Lipinski definition) is 5. The van der Waals surface area contributed by atoms with E-state index in [9.17, 15) is 8.42 Å². The summed E-state index contributed by atoms with van der Waals surface area (Å²) in [6, 6.07) is 6.58. The van der Waals surface area contributed by atoms with Gasteiger partial charge in [-0.05, 0) is 37.3 Å². The standard InChI is InChI=1S/C20H29N3O3S/c1-14-9-15(2)11-23(10-14)12-16(3)22-27(24,25)19-7-5-18(6-8-19)20-13-26-17(4)21-20/h5-8,13-16,22H,9-12H2,1-4H3/t14-,15+,16-/m0/s1. The molecule has 1 fully saturated rings. The molecule has 0 aliphatic carbocycles. The van der Waals surface area contributed by atoms with E-state index in [0.29, 0.717) is 23.4 Å². The summed E-state index contributed by atoms with van der Waals surface area (Å²) in [5, 5.41) is 0. The third-order valence-electron chi connectivity index (χ3n) is 4.91. The molecule has 6 nitrogen and oxygen atoms in total. The molecule has 0 radical (unpaired) electrons. The van der Waals surface area contributed by atoms with Crippen molar-refractivity contribution in [1.29, 1.82) is 0 Å². The molecule has 27 heavy (non-hydrogen) atoms. The number of oxazole rings is 1. The number of hydrogen-bond donors (Lipinski definition) is 1. The summed E-state index contributed by atoms with van der Waals surface area (Å²) < 4.78 is 33.4. The summed E-state index contributed by atoms with van der Waals surface area (Å²) in [6.07, 6.45) is 2.81. The fourth-order valence-electron chi connectivity index (χ4n) is 4.00. The van der Waals surface area contributed by atoms with Crippen molar-refractivity contribution in [3.05, 3.63) is 36.4 Å². The molecule has 1 aromatic heterocycles. The van der Waals surface area contributed by atoms with E-state index in [0.717, 1.165) is 25.2 Å². The quantitative estimate of drug-likeness (QED) is 0.818. The second-order valence-electron chi connectivity index (χ2n) is 7.96. The topological polar surface area (TPSA) is 75.4 Å². The van der Waals surface area contributed by atoms with Gasteiger partial charge in [-0.3, -0.25) is 0 Å². The van der Waals surface area contributed by atoms with Crippen molar-refractivity contribution in [3.8, 4) is 11.3 Å². The lowest BCUT2D eigenvalue weighted by Crippen LogP contribution is -2.46. The zero-order valence-corrected chi connectivity index (χ0v) is 17.3. The number of piperidine rings is 1. The summed E-state index contributed by atoms with van der Waals surface area (Å²) in [4.78, 5) is 6.89. The van der Waals surface area contributed by atoms with Crippen molar-refractivity contribution in [1.82, 2.24) is 14.6 Å². The van der Waals surface area contributed by atoms with Crippen molar-refractivity contribution < 1.29 is 12.8 Å². The Hall–Kier alpha value is -1.70. The highest BCUT2D eigenvalue weighted by Gasteiger charge is 2.25. The Kier molecular flexibility index (Phi) is 6.03. The smallest absolute Gasteiger partial charge is 0.240 e. The van der Waals surface area contributed by atoms with Gasteiger partial charge < -0.3 is 9.32 Å². The minimum absolute atomic E-state index is 0.148. The van der Waals surface area contributed by atoms with Crippen LogP contribution in [-0.4, -0.2) is 44.0 Å². The van der Waals surface area contributed by atoms with Gasteiger partial charge in [0.2, 0.25) is 10.0 Å². The van der Waals surface area contributed by atoms with Crippen molar-refractivity contribution in [2.45, 2.75) is 45.1 Å². The molecule has 2 aromatic rings. The Morgan fingerprint density at radius 3 is 2.41 bits per heavy atom. The van der Waals surface area contributed by atoms with Gasteiger partial charge in [-0.25, -0.2) is 18.1 Å². The maximum atomic E-state index is 12.7. The van der Waals surface area contributed by atoms with Crippen LogP contribution in [0.25, 0.3) is 11.3 Å². The van der Waals surface area contributed by atoms with E-state index in [1.165, 1.54) is 6.42 Å². The first-order chi connectivity index (χ1) is 12.7. The van der Waals surface area contributed by atoms with Gasteiger partial charge in [0.25, 0.3) is 0 Å². The number of likely N-dealkylation sites (tertiary alicyclic amines) is 1. The van der Waals surface area contributed by atoms with Crippen molar-refractivity contribution in [3.63, 3.8) is 0 Å². The number of nitrogens with zero attached hydrogens (tertiary/aromatic N) is 2. The molecule has 3 rings (SSSR count). The van der Waals surface area contributed by atoms with Gasteiger partial charge in [0.05, 0.1) is 4.90 Å². The fraction of sp³-hybridized carbons (Fsp3) is 0.550. The maximum absolute atomic E-state index is 12.7. The normalized spacial score (nSPS) is 22.7. The molecule has 7 heteroatoms. The minimum atomic E-state index is -3.55. The molecule has 1 aliphatic heterocycles. The highest BCUT2D eigenvalue weighted by Crippen LogP contribution is 2.22. The van der Waals surface area contributed by atoms with E-state index < -0.39 is 10.0 Å². The molecule has 0 unspecified atom stereocenters. The van der Waals surface area contributed by atoms with Crippen LogP contribution in [0, 0.1) is 18.8 Å². The molecule has 148 valence electrons. The predicted molar refractivity (Wildman–Crippen MR) is 106 cm³/mol.